The third-order valence-electron chi connectivity index (χ3n) is 3.45. The van der Waals surface area contributed by atoms with Gasteiger partial charge in [-0.05, 0) is 31.6 Å². The first-order chi connectivity index (χ1) is 10.1. The summed E-state index contributed by atoms with van der Waals surface area (Å²) in [5.41, 5.74) is 0. The zero-order valence-electron chi connectivity index (χ0n) is 12.2. The second-order valence-corrected chi connectivity index (χ2v) is 5.43. The summed E-state index contributed by atoms with van der Waals surface area (Å²) < 4.78 is 5.08. The van der Waals surface area contributed by atoms with Crippen molar-refractivity contribution in [3.63, 3.8) is 0 Å². The van der Waals surface area contributed by atoms with Gasteiger partial charge in [0.25, 0.3) is 0 Å². The molecule has 1 aliphatic carbocycles. The van der Waals surface area contributed by atoms with Gasteiger partial charge < -0.3 is 14.9 Å². The largest absolute Gasteiger partial charge is 0.480 e. The Bertz CT molecular complexity index is 496. The van der Waals surface area contributed by atoms with Gasteiger partial charge in [0.05, 0.1) is 0 Å². The van der Waals surface area contributed by atoms with Crippen LogP contribution in [0.4, 0.5) is 0 Å². The molecule has 116 valence electrons. The number of carbonyl (C=O) groups excluding carboxylic acids is 1. The maximum Gasteiger partial charge on any atom is 0.326 e. The van der Waals surface area contributed by atoms with Crippen LogP contribution in [0, 0.1) is 5.92 Å². The molecule has 2 rings (SSSR count). The zero-order valence-corrected chi connectivity index (χ0v) is 12.2. The Morgan fingerprint density at radius 2 is 2.19 bits per heavy atom. The molecule has 1 amide bonds. The van der Waals surface area contributed by atoms with Crippen LogP contribution in [0.5, 0.6) is 0 Å². The molecular weight excluding hydrogens is 274 g/mol. The standard InChI is InChI=1S/C14H21N3O4/c1-2-4-10-15-12(21-17-10)6-3-5-11(18)16-13(14(19)20)9-7-8-9/h9,13H,2-8H2,1H3,(H,16,18)(H,19,20). The molecule has 21 heavy (non-hydrogen) atoms. The molecule has 0 spiro atoms. The molecule has 1 heterocycles. The Labute approximate surface area is 123 Å². The molecule has 1 aliphatic rings. The highest BCUT2D eigenvalue weighted by Crippen LogP contribution is 2.32. The Morgan fingerprint density at radius 1 is 1.43 bits per heavy atom. The number of amides is 1. The van der Waals surface area contributed by atoms with Crippen LogP contribution in [0.25, 0.3) is 0 Å². The Hall–Kier alpha value is -1.92. The number of carbonyl (C=O) groups is 2. The number of carboxylic acid groups (broad SMARTS) is 1. The summed E-state index contributed by atoms with van der Waals surface area (Å²) in [6.45, 7) is 2.04. The fourth-order valence-electron chi connectivity index (χ4n) is 2.17. The minimum absolute atomic E-state index is 0.0963. The summed E-state index contributed by atoms with van der Waals surface area (Å²) in [7, 11) is 0. The first kappa shape index (κ1) is 15.5. The van der Waals surface area contributed by atoms with Crippen molar-refractivity contribution in [1.82, 2.24) is 15.5 Å². The van der Waals surface area contributed by atoms with Gasteiger partial charge >= 0.3 is 5.97 Å². The van der Waals surface area contributed by atoms with Crippen molar-refractivity contribution in [2.24, 2.45) is 5.92 Å². The summed E-state index contributed by atoms with van der Waals surface area (Å²) in [6, 6.07) is -0.739. The molecule has 0 aliphatic heterocycles. The molecule has 0 radical (unpaired) electrons. The SMILES string of the molecule is CCCc1noc(CCCC(=O)NC(C(=O)O)C2CC2)n1. The van der Waals surface area contributed by atoms with Crippen LogP contribution >= 0.6 is 0 Å². The molecule has 1 atom stereocenters. The summed E-state index contributed by atoms with van der Waals surface area (Å²) in [5, 5.41) is 15.5. The predicted molar refractivity (Wildman–Crippen MR) is 73.5 cm³/mol. The number of hydrogen-bond donors (Lipinski definition) is 2. The van der Waals surface area contributed by atoms with Gasteiger partial charge in [0.1, 0.15) is 6.04 Å². The third kappa shape index (κ3) is 4.84. The van der Waals surface area contributed by atoms with Crippen LogP contribution < -0.4 is 5.32 Å². The van der Waals surface area contributed by atoms with Gasteiger partial charge in [-0.1, -0.05) is 12.1 Å². The van der Waals surface area contributed by atoms with Gasteiger partial charge in [0.2, 0.25) is 11.8 Å². The smallest absolute Gasteiger partial charge is 0.326 e. The monoisotopic (exact) mass is 295 g/mol. The molecule has 0 bridgehead atoms. The van der Waals surface area contributed by atoms with E-state index >= 15 is 0 Å². The molecule has 0 aromatic carbocycles. The van der Waals surface area contributed by atoms with Gasteiger partial charge in [0, 0.05) is 19.3 Å². The minimum atomic E-state index is -0.952. The lowest BCUT2D eigenvalue weighted by Crippen LogP contribution is -2.42. The number of carboxylic acids is 1. The van der Waals surface area contributed by atoms with E-state index in [2.05, 4.69) is 15.5 Å². The van der Waals surface area contributed by atoms with Crippen molar-refractivity contribution >= 4 is 11.9 Å². The quantitative estimate of drug-likeness (QED) is 0.712. The molecule has 7 heteroatoms. The van der Waals surface area contributed by atoms with Crippen LogP contribution in [0.2, 0.25) is 0 Å². The zero-order chi connectivity index (χ0) is 15.2. The van der Waals surface area contributed by atoms with Crippen LogP contribution in [-0.2, 0) is 22.4 Å². The van der Waals surface area contributed by atoms with Crippen molar-refractivity contribution in [2.75, 3.05) is 0 Å². The second kappa shape index (κ2) is 7.19. The van der Waals surface area contributed by atoms with E-state index in [0.29, 0.717) is 24.6 Å². The second-order valence-electron chi connectivity index (χ2n) is 5.43. The molecular formula is C14H21N3O4. The van der Waals surface area contributed by atoms with Gasteiger partial charge in [-0.15, -0.1) is 0 Å². The molecule has 0 saturated heterocycles. The van der Waals surface area contributed by atoms with E-state index in [1.165, 1.54) is 0 Å². The van der Waals surface area contributed by atoms with E-state index in [1.807, 2.05) is 6.92 Å². The van der Waals surface area contributed by atoms with E-state index in [0.717, 1.165) is 25.7 Å². The Balaban J connectivity index is 1.69. The van der Waals surface area contributed by atoms with Gasteiger partial charge in [-0.3, -0.25) is 4.79 Å². The molecule has 1 saturated carbocycles. The summed E-state index contributed by atoms with van der Waals surface area (Å²) >= 11 is 0. The maximum absolute atomic E-state index is 11.7. The van der Waals surface area contributed by atoms with E-state index < -0.39 is 12.0 Å². The van der Waals surface area contributed by atoms with E-state index in [9.17, 15) is 9.59 Å². The Morgan fingerprint density at radius 3 is 2.81 bits per heavy atom. The molecule has 1 aromatic rings. The van der Waals surface area contributed by atoms with Crippen LogP contribution in [0.1, 0.15) is 50.7 Å². The highest BCUT2D eigenvalue weighted by atomic mass is 16.5. The van der Waals surface area contributed by atoms with Crippen molar-refractivity contribution in [3.05, 3.63) is 11.7 Å². The number of aromatic nitrogens is 2. The van der Waals surface area contributed by atoms with Crippen molar-refractivity contribution in [2.45, 2.75) is 57.9 Å². The van der Waals surface area contributed by atoms with E-state index in [-0.39, 0.29) is 18.2 Å². The number of rotatable bonds is 9. The summed E-state index contributed by atoms with van der Waals surface area (Å²) in [6.07, 6.45) is 4.85. The highest BCUT2D eigenvalue weighted by Gasteiger charge is 2.37. The number of nitrogens with one attached hydrogen (secondary N) is 1. The lowest BCUT2D eigenvalue weighted by atomic mass is 10.1. The molecule has 7 nitrogen and oxygen atoms in total. The van der Waals surface area contributed by atoms with Gasteiger partial charge in [0.15, 0.2) is 5.82 Å². The van der Waals surface area contributed by atoms with Crippen LogP contribution in [-0.4, -0.2) is 33.2 Å². The molecule has 1 aromatic heterocycles. The fraction of sp³-hybridized carbons (Fsp3) is 0.714. The molecule has 1 fully saturated rings. The lowest BCUT2D eigenvalue weighted by molar-refractivity contribution is -0.142. The average molecular weight is 295 g/mol. The first-order valence-corrected chi connectivity index (χ1v) is 7.43. The van der Waals surface area contributed by atoms with Crippen molar-refractivity contribution < 1.29 is 19.2 Å². The van der Waals surface area contributed by atoms with Crippen LogP contribution in [0.15, 0.2) is 4.52 Å². The topological polar surface area (TPSA) is 105 Å². The molecule has 1 unspecified atom stereocenters. The van der Waals surface area contributed by atoms with Crippen molar-refractivity contribution in [3.8, 4) is 0 Å². The highest BCUT2D eigenvalue weighted by molar-refractivity contribution is 5.83. The number of aliphatic carboxylic acids is 1. The lowest BCUT2D eigenvalue weighted by Gasteiger charge is -2.13. The molecule has 2 N–H and O–H groups in total. The predicted octanol–water partition coefficient (Wildman–Crippen LogP) is 1.32. The third-order valence-corrected chi connectivity index (χ3v) is 3.45. The number of hydrogen-bond acceptors (Lipinski definition) is 5. The number of aryl methyl sites for hydroxylation is 2. The summed E-state index contributed by atoms with van der Waals surface area (Å²) in [4.78, 5) is 27.0. The van der Waals surface area contributed by atoms with Gasteiger partial charge in [-0.25, -0.2) is 4.79 Å². The average Bonchev–Trinajstić information content (AvgIpc) is 3.18. The first-order valence-electron chi connectivity index (χ1n) is 7.43. The normalized spacial score (nSPS) is 15.7. The maximum atomic E-state index is 11.7. The van der Waals surface area contributed by atoms with E-state index in [1.54, 1.807) is 0 Å². The van der Waals surface area contributed by atoms with Gasteiger partial charge in [-0.2, -0.15) is 4.98 Å². The number of nitrogens with zero attached hydrogens (tertiary/aromatic N) is 2. The van der Waals surface area contributed by atoms with Crippen LogP contribution in [0.3, 0.4) is 0 Å². The fourth-order valence-corrected chi connectivity index (χ4v) is 2.17. The Kier molecular flexibility index (Phi) is 5.30. The van der Waals surface area contributed by atoms with E-state index in [4.69, 9.17) is 9.63 Å². The van der Waals surface area contributed by atoms with Crippen molar-refractivity contribution in [1.29, 1.82) is 0 Å². The summed E-state index contributed by atoms with van der Waals surface area (Å²) in [5.74, 6) is 0.133. The minimum Gasteiger partial charge on any atom is -0.480 e.